The Morgan fingerprint density at radius 1 is 1.54 bits per heavy atom. The first-order valence-electron chi connectivity index (χ1n) is 3.75. The van der Waals surface area contributed by atoms with E-state index in [0.717, 1.165) is 0 Å². The van der Waals surface area contributed by atoms with Crippen LogP contribution in [0, 0.1) is 12.7 Å². The van der Waals surface area contributed by atoms with Gasteiger partial charge in [0.1, 0.15) is 5.82 Å². The van der Waals surface area contributed by atoms with Crippen LogP contribution in [0.5, 0.6) is 0 Å². The van der Waals surface area contributed by atoms with Crippen LogP contribution < -0.4 is 5.48 Å². The lowest BCUT2D eigenvalue weighted by Gasteiger charge is -2.04. The van der Waals surface area contributed by atoms with Crippen molar-refractivity contribution < 1.29 is 14.0 Å². The van der Waals surface area contributed by atoms with Gasteiger partial charge in [0, 0.05) is 0 Å². The number of carbonyl (C=O) groups is 1. The largest absolute Gasteiger partial charge is 0.277 e. The third-order valence-corrected chi connectivity index (χ3v) is 1.63. The minimum absolute atomic E-state index is 0.0122. The predicted molar refractivity (Wildman–Crippen MR) is 45.6 cm³/mol. The van der Waals surface area contributed by atoms with Gasteiger partial charge in [0.2, 0.25) is 0 Å². The fourth-order valence-corrected chi connectivity index (χ4v) is 0.970. The fourth-order valence-electron chi connectivity index (χ4n) is 0.970. The van der Waals surface area contributed by atoms with E-state index >= 15 is 0 Å². The summed E-state index contributed by atoms with van der Waals surface area (Å²) in [5, 5.41) is 0. The van der Waals surface area contributed by atoms with Crippen molar-refractivity contribution in [3.63, 3.8) is 0 Å². The van der Waals surface area contributed by atoms with Gasteiger partial charge in [-0.15, -0.1) is 0 Å². The van der Waals surface area contributed by atoms with Crippen LogP contribution in [0.2, 0.25) is 0 Å². The van der Waals surface area contributed by atoms with Crippen LogP contribution in [0.1, 0.15) is 15.9 Å². The summed E-state index contributed by atoms with van der Waals surface area (Å²) in [6.07, 6.45) is 0. The number of amides is 1. The van der Waals surface area contributed by atoms with E-state index in [1.807, 2.05) is 0 Å². The van der Waals surface area contributed by atoms with Crippen LogP contribution in [0.4, 0.5) is 4.39 Å². The molecule has 0 aliphatic carbocycles. The zero-order chi connectivity index (χ0) is 9.84. The van der Waals surface area contributed by atoms with Crippen molar-refractivity contribution in [1.29, 1.82) is 0 Å². The van der Waals surface area contributed by atoms with Gasteiger partial charge in [0.15, 0.2) is 0 Å². The Kier molecular flexibility index (Phi) is 2.97. The molecule has 13 heavy (non-hydrogen) atoms. The second-order valence-electron chi connectivity index (χ2n) is 2.57. The highest BCUT2D eigenvalue weighted by Gasteiger charge is 2.11. The third kappa shape index (κ3) is 2.03. The van der Waals surface area contributed by atoms with E-state index in [0.29, 0.717) is 5.56 Å². The summed E-state index contributed by atoms with van der Waals surface area (Å²) in [7, 11) is 1.30. The van der Waals surface area contributed by atoms with Gasteiger partial charge >= 0.3 is 0 Å². The predicted octanol–water partition coefficient (Wildman–Crippen LogP) is 1.43. The molecule has 0 bridgehead atoms. The number of hydrogen-bond acceptors (Lipinski definition) is 2. The van der Waals surface area contributed by atoms with Gasteiger partial charge in [-0.3, -0.25) is 9.63 Å². The average Bonchev–Trinajstić information content (AvgIpc) is 2.10. The minimum atomic E-state index is -0.580. The number of rotatable bonds is 2. The molecule has 0 aliphatic rings. The maximum Gasteiger partial charge on any atom is 0.277 e. The number of halogens is 1. The molecular weight excluding hydrogens is 173 g/mol. The summed E-state index contributed by atoms with van der Waals surface area (Å²) in [5.41, 5.74) is 2.47. The summed E-state index contributed by atoms with van der Waals surface area (Å²) in [4.78, 5) is 15.5. The van der Waals surface area contributed by atoms with Crippen molar-refractivity contribution in [3.05, 3.63) is 35.1 Å². The molecule has 0 aromatic heterocycles. The van der Waals surface area contributed by atoms with Crippen molar-refractivity contribution in [3.8, 4) is 0 Å². The quantitative estimate of drug-likeness (QED) is 0.704. The highest BCUT2D eigenvalue weighted by molar-refractivity contribution is 5.93. The van der Waals surface area contributed by atoms with Crippen molar-refractivity contribution in [2.24, 2.45) is 0 Å². The first-order valence-corrected chi connectivity index (χ1v) is 3.75. The van der Waals surface area contributed by atoms with Crippen molar-refractivity contribution in [2.75, 3.05) is 7.11 Å². The maximum atomic E-state index is 13.3. The summed E-state index contributed by atoms with van der Waals surface area (Å²) in [6, 6.07) is 4.61. The second kappa shape index (κ2) is 4.00. The Balaban J connectivity index is 3.01. The zero-order valence-corrected chi connectivity index (χ0v) is 7.43. The lowest BCUT2D eigenvalue weighted by molar-refractivity contribution is 0.0533. The molecule has 3 nitrogen and oxygen atoms in total. The van der Waals surface area contributed by atoms with Crippen molar-refractivity contribution in [2.45, 2.75) is 6.92 Å². The van der Waals surface area contributed by atoms with Crippen LogP contribution in [-0.2, 0) is 4.84 Å². The molecule has 70 valence electrons. The molecule has 0 aliphatic heterocycles. The standard InChI is InChI=1S/C9H10FNO2/c1-6-4-3-5-7(8(6)10)9(12)11-13-2/h3-5H,1-2H3,(H,11,12). The summed E-state index contributed by atoms with van der Waals surface area (Å²) >= 11 is 0. The average molecular weight is 183 g/mol. The van der Waals surface area contributed by atoms with Gasteiger partial charge in [-0.05, 0) is 18.6 Å². The monoisotopic (exact) mass is 183 g/mol. The van der Waals surface area contributed by atoms with Gasteiger partial charge in [0.05, 0.1) is 12.7 Å². The molecule has 0 saturated heterocycles. The van der Waals surface area contributed by atoms with E-state index in [1.54, 1.807) is 19.1 Å². The summed E-state index contributed by atoms with van der Waals surface area (Å²) in [5.74, 6) is -1.10. The van der Waals surface area contributed by atoms with Crippen molar-refractivity contribution >= 4 is 5.91 Å². The Morgan fingerprint density at radius 3 is 2.85 bits per heavy atom. The molecule has 1 aromatic rings. The molecule has 4 heteroatoms. The lowest BCUT2D eigenvalue weighted by atomic mass is 10.1. The number of nitrogens with one attached hydrogen (secondary N) is 1. The van der Waals surface area contributed by atoms with Gasteiger partial charge in [-0.25, -0.2) is 9.87 Å². The topological polar surface area (TPSA) is 38.3 Å². The van der Waals surface area contributed by atoms with E-state index in [1.165, 1.54) is 13.2 Å². The van der Waals surface area contributed by atoms with E-state index in [4.69, 9.17) is 0 Å². The van der Waals surface area contributed by atoms with Gasteiger partial charge < -0.3 is 0 Å². The van der Waals surface area contributed by atoms with E-state index in [2.05, 4.69) is 10.3 Å². The molecule has 1 aromatic carbocycles. The molecule has 0 unspecified atom stereocenters. The smallest absolute Gasteiger partial charge is 0.277 e. The zero-order valence-electron chi connectivity index (χ0n) is 7.43. The molecule has 0 radical (unpaired) electrons. The molecule has 1 rings (SSSR count). The van der Waals surface area contributed by atoms with Crippen LogP contribution in [0.25, 0.3) is 0 Å². The highest BCUT2D eigenvalue weighted by atomic mass is 19.1. The normalized spacial score (nSPS) is 9.77. The molecule has 1 N–H and O–H groups in total. The number of hydrogen-bond donors (Lipinski definition) is 1. The number of hydroxylamine groups is 1. The maximum absolute atomic E-state index is 13.3. The molecule has 0 heterocycles. The summed E-state index contributed by atoms with van der Waals surface area (Å²) < 4.78 is 13.3. The second-order valence-corrected chi connectivity index (χ2v) is 2.57. The lowest BCUT2D eigenvalue weighted by Crippen LogP contribution is -2.23. The molecule has 0 fully saturated rings. The van der Waals surface area contributed by atoms with E-state index in [9.17, 15) is 9.18 Å². The molecule has 0 saturated carbocycles. The molecule has 1 amide bonds. The van der Waals surface area contributed by atoms with Gasteiger partial charge in [-0.1, -0.05) is 12.1 Å². The Hall–Kier alpha value is -1.42. The Bertz CT molecular complexity index is 325. The first-order chi connectivity index (χ1) is 6.16. The highest BCUT2D eigenvalue weighted by Crippen LogP contribution is 2.11. The van der Waals surface area contributed by atoms with E-state index < -0.39 is 11.7 Å². The summed E-state index contributed by atoms with van der Waals surface area (Å²) in [6.45, 7) is 1.60. The van der Waals surface area contributed by atoms with Gasteiger partial charge in [-0.2, -0.15) is 0 Å². The number of benzene rings is 1. The molecule has 0 atom stereocenters. The van der Waals surface area contributed by atoms with Gasteiger partial charge in [0.25, 0.3) is 5.91 Å². The van der Waals surface area contributed by atoms with Crippen LogP contribution in [-0.4, -0.2) is 13.0 Å². The third-order valence-electron chi connectivity index (χ3n) is 1.63. The Labute approximate surface area is 75.5 Å². The molecular formula is C9H10FNO2. The van der Waals surface area contributed by atoms with Crippen LogP contribution in [0.3, 0.4) is 0 Å². The number of aryl methyl sites for hydroxylation is 1. The first kappa shape index (κ1) is 9.67. The Morgan fingerprint density at radius 2 is 2.23 bits per heavy atom. The fraction of sp³-hybridized carbons (Fsp3) is 0.222. The SMILES string of the molecule is CONC(=O)c1cccc(C)c1F. The minimum Gasteiger partial charge on any atom is -0.277 e. The number of carbonyl (C=O) groups excluding carboxylic acids is 1. The molecule has 0 spiro atoms. The van der Waals surface area contributed by atoms with Crippen LogP contribution >= 0.6 is 0 Å². The van der Waals surface area contributed by atoms with E-state index in [-0.39, 0.29) is 5.56 Å². The van der Waals surface area contributed by atoms with Crippen molar-refractivity contribution in [1.82, 2.24) is 5.48 Å². The van der Waals surface area contributed by atoms with Crippen LogP contribution in [0.15, 0.2) is 18.2 Å².